The Morgan fingerprint density at radius 3 is 2.70 bits per heavy atom. The van der Waals surface area contributed by atoms with Crippen molar-refractivity contribution in [1.29, 1.82) is 0 Å². The van der Waals surface area contributed by atoms with Gasteiger partial charge in [0.2, 0.25) is 0 Å². The molecule has 4 rings (SSSR count). The van der Waals surface area contributed by atoms with E-state index in [2.05, 4.69) is 15.4 Å². The SMILES string of the molecule is Cc1ccccc1Cn1cnc2c(cnn2CCNC(=O)c2cccc([N+](=O)[O-])c2C)c1=O. The van der Waals surface area contributed by atoms with E-state index in [0.717, 1.165) is 11.1 Å². The zero-order valence-electron chi connectivity index (χ0n) is 18.2. The third-order valence-electron chi connectivity index (χ3n) is 5.58. The van der Waals surface area contributed by atoms with E-state index < -0.39 is 10.8 Å². The summed E-state index contributed by atoms with van der Waals surface area (Å²) in [5.74, 6) is -0.416. The molecule has 2 heterocycles. The topological polar surface area (TPSA) is 125 Å². The predicted molar refractivity (Wildman–Crippen MR) is 122 cm³/mol. The monoisotopic (exact) mass is 446 g/mol. The van der Waals surface area contributed by atoms with Crippen LogP contribution >= 0.6 is 0 Å². The molecule has 0 aliphatic carbocycles. The van der Waals surface area contributed by atoms with Crippen molar-refractivity contribution in [1.82, 2.24) is 24.6 Å². The van der Waals surface area contributed by atoms with Crippen LogP contribution in [0.4, 0.5) is 5.69 Å². The van der Waals surface area contributed by atoms with Crippen molar-refractivity contribution in [3.8, 4) is 0 Å². The number of nitrogens with zero attached hydrogens (tertiary/aromatic N) is 5. The lowest BCUT2D eigenvalue weighted by molar-refractivity contribution is -0.385. The first-order valence-corrected chi connectivity index (χ1v) is 10.3. The third kappa shape index (κ3) is 4.36. The summed E-state index contributed by atoms with van der Waals surface area (Å²) >= 11 is 0. The lowest BCUT2D eigenvalue weighted by Gasteiger charge is -2.09. The second kappa shape index (κ2) is 9.03. The average Bonchev–Trinajstić information content (AvgIpc) is 3.20. The van der Waals surface area contributed by atoms with E-state index in [1.54, 1.807) is 22.2 Å². The molecule has 0 aliphatic rings. The number of hydrogen-bond donors (Lipinski definition) is 1. The molecular formula is C23H22N6O4. The van der Waals surface area contributed by atoms with Crippen molar-refractivity contribution in [3.05, 3.63) is 97.7 Å². The number of amides is 1. The smallest absolute Gasteiger partial charge is 0.273 e. The van der Waals surface area contributed by atoms with E-state index in [1.807, 2.05) is 31.2 Å². The van der Waals surface area contributed by atoms with Gasteiger partial charge >= 0.3 is 0 Å². The van der Waals surface area contributed by atoms with Gasteiger partial charge in [0.05, 0.1) is 24.2 Å². The highest BCUT2D eigenvalue weighted by Gasteiger charge is 2.18. The van der Waals surface area contributed by atoms with Gasteiger partial charge in [-0.25, -0.2) is 9.67 Å². The molecule has 10 heteroatoms. The highest BCUT2D eigenvalue weighted by atomic mass is 16.6. The predicted octanol–water partition coefficient (Wildman–Crippen LogP) is 2.60. The van der Waals surface area contributed by atoms with Gasteiger partial charge in [-0.1, -0.05) is 30.3 Å². The molecule has 168 valence electrons. The summed E-state index contributed by atoms with van der Waals surface area (Å²) in [6, 6.07) is 12.2. The van der Waals surface area contributed by atoms with Crippen LogP contribution in [0, 0.1) is 24.0 Å². The normalized spacial score (nSPS) is 11.0. The van der Waals surface area contributed by atoms with Gasteiger partial charge < -0.3 is 5.32 Å². The van der Waals surface area contributed by atoms with Crippen molar-refractivity contribution in [3.63, 3.8) is 0 Å². The highest BCUT2D eigenvalue weighted by molar-refractivity contribution is 5.96. The van der Waals surface area contributed by atoms with Crippen LogP contribution in [0.2, 0.25) is 0 Å². The fourth-order valence-corrected chi connectivity index (χ4v) is 3.68. The molecule has 0 unspecified atom stereocenters. The van der Waals surface area contributed by atoms with Gasteiger partial charge in [0.25, 0.3) is 17.2 Å². The Balaban J connectivity index is 1.47. The van der Waals surface area contributed by atoms with E-state index >= 15 is 0 Å². The minimum Gasteiger partial charge on any atom is -0.350 e. The molecule has 0 spiro atoms. The minimum atomic E-state index is -0.514. The largest absolute Gasteiger partial charge is 0.350 e. The molecule has 4 aromatic rings. The number of nitro benzene ring substituents is 1. The number of carbonyl (C=O) groups excluding carboxylic acids is 1. The van der Waals surface area contributed by atoms with Crippen molar-refractivity contribution < 1.29 is 9.72 Å². The van der Waals surface area contributed by atoms with Gasteiger partial charge in [-0.05, 0) is 31.0 Å². The van der Waals surface area contributed by atoms with Gasteiger partial charge in [0, 0.05) is 23.7 Å². The second-order valence-corrected chi connectivity index (χ2v) is 7.67. The highest BCUT2D eigenvalue weighted by Crippen LogP contribution is 2.20. The Morgan fingerprint density at radius 2 is 1.94 bits per heavy atom. The molecule has 0 radical (unpaired) electrons. The summed E-state index contributed by atoms with van der Waals surface area (Å²) in [5, 5.41) is 18.5. The van der Waals surface area contributed by atoms with Crippen molar-refractivity contribution in [2.45, 2.75) is 26.9 Å². The average molecular weight is 446 g/mol. The molecule has 0 atom stereocenters. The number of carbonyl (C=O) groups is 1. The number of rotatable bonds is 7. The van der Waals surface area contributed by atoms with E-state index in [1.165, 1.54) is 24.7 Å². The van der Waals surface area contributed by atoms with Crippen LogP contribution in [0.1, 0.15) is 27.0 Å². The first-order chi connectivity index (χ1) is 15.9. The van der Waals surface area contributed by atoms with E-state index in [9.17, 15) is 19.7 Å². The Kier molecular flexibility index (Phi) is 5.99. The first-order valence-electron chi connectivity index (χ1n) is 10.3. The molecule has 0 aliphatic heterocycles. The number of nitrogens with one attached hydrogen (secondary N) is 1. The molecule has 0 bridgehead atoms. The maximum atomic E-state index is 12.9. The van der Waals surface area contributed by atoms with Crippen molar-refractivity contribution in [2.75, 3.05) is 6.54 Å². The molecule has 2 aromatic carbocycles. The summed E-state index contributed by atoms with van der Waals surface area (Å²) in [6.45, 7) is 4.45. The van der Waals surface area contributed by atoms with Crippen LogP contribution in [-0.4, -0.2) is 36.7 Å². The fourth-order valence-electron chi connectivity index (χ4n) is 3.68. The van der Waals surface area contributed by atoms with Crippen LogP contribution in [-0.2, 0) is 13.1 Å². The molecule has 33 heavy (non-hydrogen) atoms. The molecule has 0 fully saturated rings. The third-order valence-corrected chi connectivity index (χ3v) is 5.58. The van der Waals surface area contributed by atoms with Gasteiger partial charge in [-0.3, -0.25) is 24.3 Å². The summed E-state index contributed by atoms with van der Waals surface area (Å²) in [5.41, 5.74) is 2.81. The maximum Gasteiger partial charge on any atom is 0.273 e. The quantitative estimate of drug-likeness (QED) is 0.344. The number of fused-ring (bicyclic) bond motifs is 1. The number of benzene rings is 2. The second-order valence-electron chi connectivity index (χ2n) is 7.67. The van der Waals surface area contributed by atoms with Crippen molar-refractivity contribution >= 4 is 22.6 Å². The van der Waals surface area contributed by atoms with Gasteiger partial charge in [0.1, 0.15) is 11.7 Å². The molecule has 1 amide bonds. The van der Waals surface area contributed by atoms with Crippen LogP contribution < -0.4 is 10.9 Å². The van der Waals surface area contributed by atoms with Crippen LogP contribution in [0.15, 0.2) is 59.8 Å². The standard InChI is InChI=1S/C23H22N6O4/c1-15-6-3-4-7-17(15)13-27-14-25-21-19(23(27)31)12-26-28(21)11-10-24-22(30)18-8-5-9-20(16(18)2)29(32)33/h3-9,12,14H,10-11,13H2,1-2H3,(H,24,30). The summed E-state index contributed by atoms with van der Waals surface area (Å²) in [6.07, 6.45) is 2.98. The van der Waals surface area contributed by atoms with Crippen molar-refractivity contribution in [2.24, 2.45) is 0 Å². The van der Waals surface area contributed by atoms with Gasteiger partial charge in [-0.15, -0.1) is 0 Å². The number of nitro groups is 1. The van der Waals surface area contributed by atoms with Crippen LogP contribution in [0.5, 0.6) is 0 Å². The Hall–Kier alpha value is -4.34. The minimum absolute atomic E-state index is 0.105. The lowest BCUT2D eigenvalue weighted by Crippen LogP contribution is -2.28. The number of aryl methyl sites for hydroxylation is 1. The van der Waals surface area contributed by atoms with E-state index in [0.29, 0.717) is 23.1 Å². The molecule has 2 aromatic heterocycles. The molecule has 10 nitrogen and oxygen atoms in total. The van der Waals surface area contributed by atoms with Crippen LogP contribution in [0.3, 0.4) is 0 Å². The number of hydrogen-bond acceptors (Lipinski definition) is 6. The molecule has 0 saturated heterocycles. The zero-order chi connectivity index (χ0) is 23.5. The number of aromatic nitrogens is 4. The summed E-state index contributed by atoms with van der Waals surface area (Å²) in [7, 11) is 0. The Morgan fingerprint density at radius 1 is 1.15 bits per heavy atom. The maximum absolute atomic E-state index is 12.9. The van der Waals surface area contributed by atoms with E-state index in [4.69, 9.17) is 0 Å². The summed E-state index contributed by atoms with van der Waals surface area (Å²) in [4.78, 5) is 40.4. The van der Waals surface area contributed by atoms with Crippen LogP contribution in [0.25, 0.3) is 11.0 Å². The first kappa shape index (κ1) is 21.9. The van der Waals surface area contributed by atoms with Gasteiger partial charge in [-0.2, -0.15) is 5.10 Å². The fraction of sp³-hybridized carbons (Fsp3) is 0.217. The lowest BCUT2D eigenvalue weighted by atomic mass is 10.1. The van der Waals surface area contributed by atoms with Gasteiger partial charge in [0.15, 0.2) is 5.65 Å². The Labute approximate surface area is 188 Å². The van der Waals surface area contributed by atoms with E-state index in [-0.39, 0.29) is 29.9 Å². The molecular weight excluding hydrogens is 424 g/mol. The molecule has 0 saturated carbocycles. The molecule has 1 N–H and O–H groups in total. The Bertz CT molecular complexity index is 1420. The summed E-state index contributed by atoms with van der Waals surface area (Å²) < 4.78 is 3.10. The zero-order valence-corrected chi connectivity index (χ0v) is 18.2.